The number of aromatic nitrogens is 1. The van der Waals surface area contributed by atoms with Crippen molar-refractivity contribution in [3.63, 3.8) is 0 Å². The van der Waals surface area contributed by atoms with E-state index in [-0.39, 0.29) is 0 Å². The third-order valence-electron chi connectivity index (χ3n) is 2.23. The summed E-state index contributed by atoms with van der Waals surface area (Å²) in [6, 6.07) is 8.50. The van der Waals surface area contributed by atoms with Crippen molar-refractivity contribution in [1.29, 1.82) is 5.26 Å². The molecule has 0 radical (unpaired) electrons. The van der Waals surface area contributed by atoms with Gasteiger partial charge in [-0.25, -0.2) is 4.98 Å². The van der Waals surface area contributed by atoms with E-state index in [1.54, 1.807) is 24.3 Å². The first kappa shape index (κ1) is 12.5. The fraction of sp³-hybridized carbons (Fsp3) is 0. The molecule has 0 atom stereocenters. The Morgan fingerprint density at radius 3 is 2.72 bits per heavy atom. The van der Waals surface area contributed by atoms with Gasteiger partial charge in [-0.2, -0.15) is 5.26 Å². The van der Waals surface area contributed by atoms with Crippen molar-refractivity contribution >= 4 is 40.4 Å². The fourth-order valence-corrected chi connectivity index (χ4v) is 1.71. The van der Waals surface area contributed by atoms with Crippen LogP contribution in [0.5, 0.6) is 0 Å². The molecule has 0 aliphatic carbocycles. The van der Waals surface area contributed by atoms with Gasteiger partial charge in [0, 0.05) is 6.20 Å². The van der Waals surface area contributed by atoms with Crippen molar-refractivity contribution in [1.82, 2.24) is 4.98 Å². The van der Waals surface area contributed by atoms with E-state index in [1.807, 2.05) is 6.07 Å². The number of pyridine rings is 1. The Kier molecular flexibility index (Phi) is 3.56. The highest BCUT2D eigenvalue weighted by atomic mass is 35.5. The van der Waals surface area contributed by atoms with Crippen LogP contribution in [0.3, 0.4) is 0 Å². The number of nitriles is 1. The van der Waals surface area contributed by atoms with Crippen molar-refractivity contribution in [3.8, 4) is 6.07 Å². The molecular weight excluding hydrogens is 271 g/mol. The Hall–Kier alpha value is -1.96. The summed E-state index contributed by atoms with van der Waals surface area (Å²) >= 11 is 11.8. The molecule has 18 heavy (non-hydrogen) atoms. The van der Waals surface area contributed by atoms with E-state index >= 15 is 0 Å². The molecule has 2 rings (SSSR count). The van der Waals surface area contributed by atoms with E-state index in [1.165, 1.54) is 6.20 Å². The second-order valence-electron chi connectivity index (χ2n) is 3.52. The number of halogens is 2. The van der Waals surface area contributed by atoms with Gasteiger partial charge in [0.2, 0.25) is 0 Å². The number of nitrogens with zero attached hydrogens (tertiary/aromatic N) is 2. The Morgan fingerprint density at radius 1 is 1.28 bits per heavy atom. The predicted molar refractivity (Wildman–Crippen MR) is 73.1 cm³/mol. The van der Waals surface area contributed by atoms with Crippen LogP contribution >= 0.6 is 23.2 Å². The van der Waals surface area contributed by atoms with E-state index in [0.717, 1.165) is 0 Å². The molecule has 0 aliphatic heterocycles. The van der Waals surface area contributed by atoms with Crippen LogP contribution in [0.15, 0.2) is 30.5 Å². The number of anilines is 3. The molecule has 0 spiro atoms. The molecule has 2 aromatic rings. The molecule has 4 nitrogen and oxygen atoms in total. The van der Waals surface area contributed by atoms with E-state index < -0.39 is 0 Å². The minimum atomic E-state index is 0.404. The van der Waals surface area contributed by atoms with Crippen molar-refractivity contribution in [2.24, 2.45) is 0 Å². The molecule has 1 aromatic heterocycles. The molecule has 0 saturated heterocycles. The lowest BCUT2D eigenvalue weighted by Gasteiger charge is -2.10. The van der Waals surface area contributed by atoms with Gasteiger partial charge in [0.1, 0.15) is 0 Å². The normalized spacial score (nSPS) is 9.83. The molecule has 90 valence electrons. The standard InChI is InChI=1S/C12H8Cl2N4/c13-8-4-10(16)12(17-6-8)18-11-3-7(5-15)1-2-9(11)14/h1-4,6H,16H2,(H,17,18). The summed E-state index contributed by atoms with van der Waals surface area (Å²) in [5.74, 6) is 0.441. The van der Waals surface area contributed by atoms with Gasteiger partial charge in [-0.15, -0.1) is 0 Å². The number of rotatable bonds is 2. The average molecular weight is 279 g/mol. The first-order valence-electron chi connectivity index (χ1n) is 4.98. The summed E-state index contributed by atoms with van der Waals surface area (Å²) in [5.41, 5.74) is 7.24. The molecule has 0 fully saturated rings. The van der Waals surface area contributed by atoms with Crippen molar-refractivity contribution < 1.29 is 0 Å². The zero-order valence-corrected chi connectivity index (χ0v) is 10.6. The highest BCUT2D eigenvalue weighted by Gasteiger charge is 2.06. The number of benzene rings is 1. The van der Waals surface area contributed by atoms with Crippen LogP contribution in [0.2, 0.25) is 10.0 Å². The molecule has 1 heterocycles. The Bertz CT molecular complexity index is 634. The highest BCUT2D eigenvalue weighted by Crippen LogP contribution is 2.28. The van der Waals surface area contributed by atoms with Crippen LogP contribution in [0, 0.1) is 11.3 Å². The summed E-state index contributed by atoms with van der Waals surface area (Å²) in [6.45, 7) is 0. The van der Waals surface area contributed by atoms with Crippen molar-refractivity contribution in [2.75, 3.05) is 11.1 Å². The van der Waals surface area contributed by atoms with E-state index in [4.69, 9.17) is 34.2 Å². The van der Waals surface area contributed by atoms with Gasteiger partial charge in [0.15, 0.2) is 5.82 Å². The molecule has 0 unspecified atom stereocenters. The number of nitrogens with two attached hydrogens (primary N) is 1. The predicted octanol–water partition coefficient (Wildman–Crippen LogP) is 3.59. The number of hydrogen-bond acceptors (Lipinski definition) is 4. The maximum Gasteiger partial charge on any atom is 0.153 e. The highest BCUT2D eigenvalue weighted by molar-refractivity contribution is 6.33. The lowest BCUT2D eigenvalue weighted by atomic mass is 10.2. The van der Waals surface area contributed by atoms with Gasteiger partial charge in [-0.3, -0.25) is 0 Å². The molecule has 0 bridgehead atoms. The summed E-state index contributed by atoms with van der Waals surface area (Å²) in [7, 11) is 0. The third-order valence-corrected chi connectivity index (χ3v) is 2.77. The summed E-state index contributed by atoms with van der Waals surface area (Å²) in [5, 5.41) is 12.7. The lowest BCUT2D eigenvalue weighted by Crippen LogP contribution is -1.99. The van der Waals surface area contributed by atoms with Gasteiger partial charge in [-0.05, 0) is 24.3 Å². The summed E-state index contributed by atoms with van der Waals surface area (Å²) < 4.78 is 0. The van der Waals surface area contributed by atoms with Crippen LogP contribution in [-0.2, 0) is 0 Å². The van der Waals surface area contributed by atoms with E-state index in [2.05, 4.69) is 10.3 Å². The zero-order chi connectivity index (χ0) is 13.1. The second kappa shape index (κ2) is 5.13. The number of hydrogen-bond donors (Lipinski definition) is 2. The second-order valence-corrected chi connectivity index (χ2v) is 4.37. The van der Waals surface area contributed by atoms with E-state index in [0.29, 0.717) is 32.8 Å². The van der Waals surface area contributed by atoms with Gasteiger partial charge < -0.3 is 11.1 Å². The van der Waals surface area contributed by atoms with Crippen molar-refractivity contribution in [2.45, 2.75) is 0 Å². The zero-order valence-electron chi connectivity index (χ0n) is 9.11. The third kappa shape index (κ3) is 2.65. The maximum absolute atomic E-state index is 8.83. The summed E-state index contributed by atoms with van der Waals surface area (Å²) in [6.07, 6.45) is 1.47. The largest absolute Gasteiger partial charge is 0.396 e. The van der Waals surface area contributed by atoms with Crippen LogP contribution in [0.4, 0.5) is 17.2 Å². The maximum atomic E-state index is 8.83. The molecule has 3 N–H and O–H groups in total. The van der Waals surface area contributed by atoms with Crippen LogP contribution < -0.4 is 11.1 Å². The lowest BCUT2D eigenvalue weighted by molar-refractivity contribution is 1.31. The van der Waals surface area contributed by atoms with Gasteiger partial charge in [-0.1, -0.05) is 23.2 Å². The van der Waals surface area contributed by atoms with Crippen LogP contribution in [-0.4, -0.2) is 4.98 Å². The van der Waals surface area contributed by atoms with Gasteiger partial charge in [0.25, 0.3) is 0 Å². The number of nitrogen functional groups attached to an aromatic ring is 1. The molecule has 0 saturated carbocycles. The van der Waals surface area contributed by atoms with Crippen LogP contribution in [0.25, 0.3) is 0 Å². The van der Waals surface area contributed by atoms with E-state index in [9.17, 15) is 0 Å². The van der Waals surface area contributed by atoms with Gasteiger partial charge in [0.05, 0.1) is 33.1 Å². The molecule has 0 amide bonds. The minimum Gasteiger partial charge on any atom is -0.396 e. The quantitative estimate of drug-likeness (QED) is 0.880. The molecule has 0 aliphatic rings. The Morgan fingerprint density at radius 2 is 2.06 bits per heavy atom. The Labute approximate surface area is 114 Å². The molecule has 6 heteroatoms. The molecule has 1 aromatic carbocycles. The Balaban J connectivity index is 2.37. The van der Waals surface area contributed by atoms with Crippen LogP contribution in [0.1, 0.15) is 5.56 Å². The fourth-order valence-electron chi connectivity index (χ4n) is 1.38. The average Bonchev–Trinajstić information content (AvgIpc) is 2.35. The SMILES string of the molecule is N#Cc1ccc(Cl)c(Nc2ncc(Cl)cc2N)c1. The smallest absolute Gasteiger partial charge is 0.153 e. The minimum absolute atomic E-state index is 0.404. The topological polar surface area (TPSA) is 74.7 Å². The number of nitrogens with one attached hydrogen (secondary N) is 1. The van der Waals surface area contributed by atoms with Gasteiger partial charge >= 0.3 is 0 Å². The monoisotopic (exact) mass is 278 g/mol. The molecular formula is C12H8Cl2N4. The van der Waals surface area contributed by atoms with Crippen molar-refractivity contribution in [3.05, 3.63) is 46.1 Å². The first-order valence-corrected chi connectivity index (χ1v) is 5.73. The first-order chi connectivity index (χ1) is 8.60. The summed E-state index contributed by atoms with van der Waals surface area (Å²) in [4.78, 5) is 4.06.